The third-order valence-corrected chi connectivity index (χ3v) is 4.74. The van der Waals surface area contributed by atoms with Crippen LogP contribution in [0.1, 0.15) is 44.2 Å². The fourth-order valence-electron chi connectivity index (χ4n) is 2.89. The van der Waals surface area contributed by atoms with Gasteiger partial charge in [0, 0.05) is 10.9 Å². The first-order chi connectivity index (χ1) is 10.2. The van der Waals surface area contributed by atoms with Gasteiger partial charge in [0.15, 0.2) is 0 Å². The van der Waals surface area contributed by atoms with Crippen molar-refractivity contribution < 1.29 is 9.53 Å². The molecule has 1 aromatic carbocycles. The lowest BCUT2D eigenvalue weighted by atomic mass is 9.99. The molecule has 0 spiro atoms. The standard InChI is InChI=1S/C17H25NO2S/c1-3-20-17(19)13-16(18-11-5-4-6-12-18)14-7-9-15(21-2)10-8-14/h7-10,16H,3-6,11-13H2,1-2H3. The number of benzene rings is 1. The third kappa shape index (κ3) is 4.75. The average Bonchev–Trinajstić information content (AvgIpc) is 2.54. The Labute approximate surface area is 132 Å². The molecule has 0 N–H and O–H groups in total. The number of carbonyl (C=O) groups excluding carboxylic acids is 1. The van der Waals surface area contributed by atoms with E-state index < -0.39 is 0 Å². The molecule has 0 radical (unpaired) electrons. The number of rotatable bonds is 6. The summed E-state index contributed by atoms with van der Waals surface area (Å²) < 4.78 is 5.16. The van der Waals surface area contributed by atoms with Gasteiger partial charge in [0.05, 0.1) is 13.0 Å². The zero-order valence-corrected chi connectivity index (χ0v) is 13.8. The van der Waals surface area contributed by atoms with Crippen molar-refractivity contribution in [2.24, 2.45) is 0 Å². The van der Waals surface area contributed by atoms with E-state index in [0.29, 0.717) is 13.0 Å². The lowest BCUT2D eigenvalue weighted by Gasteiger charge is -2.34. The summed E-state index contributed by atoms with van der Waals surface area (Å²) in [5.41, 5.74) is 1.22. The first-order valence-corrected chi connectivity index (χ1v) is 9.00. The largest absolute Gasteiger partial charge is 0.466 e. The molecule has 1 aromatic rings. The topological polar surface area (TPSA) is 29.5 Å². The molecular weight excluding hydrogens is 282 g/mol. The van der Waals surface area contributed by atoms with Gasteiger partial charge >= 0.3 is 5.97 Å². The van der Waals surface area contributed by atoms with E-state index in [9.17, 15) is 4.79 Å². The second kappa shape index (κ2) is 8.44. The van der Waals surface area contributed by atoms with Gasteiger partial charge < -0.3 is 4.74 Å². The third-order valence-electron chi connectivity index (χ3n) is 4.00. The van der Waals surface area contributed by atoms with Crippen LogP contribution in [0.3, 0.4) is 0 Å². The van der Waals surface area contributed by atoms with Crippen molar-refractivity contribution in [2.45, 2.75) is 43.5 Å². The molecule has 0 bridgehead atoms. The summed E-state index contributed by atoms with van der Waals surface area (Å²) in [5.74, 6) is -0.0954. The van der Waals surface area contributed by atoms with E-state index >= 15 is 0 Å². The zero-order valence-electron chi connectivity index (χ0n) is 13.0. The Bertz CT molecular complexity index is 441. The second-order valence-corrected chi connectivity index (χ2v) is 6.27. The molecule has 1 aliphatic rings. The van der Waals surface area contributed by atoms with Crippen LogP contribution in [-0.2, 0) is 9.53 Å². The summed E-state index contributed by atoms with van der Waals surface area (Å²) in [5, 5.41) is 0. The molecule has 1 atom stereocenters. The predicted octanol–water partition coefficient (Wildman–Crippen LogP) is 3.89. The normalized spacial score (nSPS) is 17.4. The van der Waals surface area contributed by atoms with Gasteiger partial charge in [-0.25, -0.2) is 0 Å². The van der Waals surface area contributed by atoms with Crippen molar-refractivity contribution in [3.05, 3.63) is 29.8 Å². The van der Waals surface area contributed by atoms with Crippen molar-refractivity contribution in [1.82, 2.24) is 4.90 Å². The highest BCUT2D eigenvalue weighted by molar-refractivity contribution is 7.98. The maximum atomic E-state index is 11.9. The van der Waals surface area contributed by atoms with E-state index in [1.807, 2.05) is 6.92 Å². The number of piperidine rings is 1. The molecule has 2 rings (SSSR count). The van der Waals surface area contributed by atoms with E-state index in [1.165, 1.54) is 29.7 Å². The molecule has 1 aliphatic heterocycles. The van der Waals surface area contributed by atoms with Crippen LogP contribution in [-0.4, -0.2) is 36.8 Å². The van der Waals surface area contributed by atoms with E-state index in [4.69, 9.17) is 4.74 Å². The lowest BCUT2D eigenvalue weighted by molar-refractivity contribution is -0.144. The van der Waals surface area contributed by atoms with Gasteiger partial charge in [-0.05, 0) is 56.8 Å². The van der Waals surface area contributed by atoms with Gasteiger partial charge in [0.2, 0.25) is 0 Å². The summed E-state index contributed by atoms with van der Waals surface area (Å²) in [6.07, 6.45) is 6.28. The van der Waals surface area contributed by atoms with E-state index in [2.05, 4.69) is 35.4 Å². The lowest BCUT2D eigenvalue weighted by Crippen LogP contribution is -2.35. The summed E-state index contributed by atoms with van der Waals surface area (Å²) in [7, 11) is 0. The molecule has 1 saturated heterocycles. The van der Waals surface area contributed by atoms with Gasteiger partial charge in [0.1, 0.15) is 0 Å². The Morgan fingerprint density at radius 2 is 1.90 bits per heavy atom. The van der Waals surface area contributed by atoms with E-state index in [1.54, 1.807) is 11.8 Å². The SMILES string of the molecule is CCOC(=O)CC(c1ccc(SC)cc1)N1CCCCC1. The second-order valence-electron chi connectivity index (χ2n) is 5.39. The van der Waals surface area contributed by atoms with Crippen LogP contribution in [0.4, 0.5) is 0 Å². The van der Waals surface area contributed by atoms with Crippen molar-refractivity contribution in [2.75, 3.05) is 26.0 Å². The summed E-state index contributed by atoms with van der Waals surface area (Å²) in [6.45, 7) is 4.47. The number of hydrogen-bond donors (Lipinski definition) is 0. The number of hydrogen-bond acceptors (Lipinski definition) is 4. The van der Waals surface area contributed by atoms with Gasteiger partial charge in [-0.15, -0.1) is 11.8 Å². The number of ether oxygens (including phenoxy) is 1. The van der Waals surface area contributed by atoms with Crippen molar-refractivity contribution in [3.8, 4) is 0 Å². The monoisotopic (exact) mass is 307 g/mol. The van der Waals surface area contributed by atoms with Crippen molar-refractivity contribution >= 4 is 17.7 Å². The summed E-state index contributed by atoms with van der Waals surface area (Å²) in [4.78, 5) is 15.6. The Hall–Kier alpha value is -1.00. The van der Waals surface area contributed by atoms with Crippen LogP contribution in [0.5, 0.6) is 0 Å². The highest BCUT2D eigenvalue weighted by atomic mass is 32.2. The Morgan fingerprint density at radius 1 is 1.24 bits per heavy atom. The molecular formula is C17H25NO2S. The molecule has 4 heteroatoms. The first kappa shape index (κ1) is 16.4. The van der Waals surface area contributed by atoms with Crippen LogP contribution < -0.4 is 0 Å². The number of likely N-dealkylation sites (tertiary alicyclic amines) is 1. The number of carbonyl (C=O) groups is 1. The minimum absolute atomic E-state index is 0.0954. The van der Waals surface area contributed by atoms with Crippen molar-refractivity contribution in [1.29, 1.82) is 0 Å². The van der Waals surface area contributed by atoms with E-state index in [-0.39, 0.29) is 12.0 Å². The zero-order chi connectivity index (χ0) is 15.1. The molecule has 3 nitrogen and oxygen atoms in total. The predicted molar refractivity (Wildman–Crippen MR) is 87.6 cm³/mol. The minimum Gasteiger partial charge on any atom is -0.466 e. The minimum atomic E-state index is -0.0954. The van der Waals surface area contributed by atoms with Gasteiger partial charge in [-0.3, -0.25) is 9.69 Å². The molecule has 0 saturated carbocycles. The maximum Gasteiger partial charge on any atom is 0.307 e. The molecule has 1 unspecified atom stereocenters. The Balaban J connectivity index is 2.14. The van der Waals surface area contributed by atoms with Crippen LogP contribution in [0.15, 0.2) is 29.2 Å². The highest BCUT2D eigenvalue weighted by Crippen LogP contribution is 2.29. The fourth-order valence-corrected chi connectivity index (χ4v) is 3.30. The summed E-state index contributed by atoms with van der Waals surface area (Å²) >= 11 is 1.74. The molecule has 21 heavy (non-hydrogen) atoms. The van der Waals surface area contributed by atoms with Crippen LogP contribution >= 0.6 is 11.8 Å². The molecule has 0 aliphatic carbocycles. The van der Waals surface area contributed by atoms with Crippen LogP contribution in [0.2, 0.25) is 0 Å². The molecule has 1 heterocycles. The average molecular weight is 307 g/mol. The van der Waals surface area contributed by atoms with Gasteiger partial charge in [0.25, 0.3) is 0 Å². The summed E-state index contributed by atoms with van der Waals surface area (Å²) in [6, 6.07) is 8.75. The Kier molecular flexibility index (Phi) is 6.58. The number of nitrogens with zero attached hydrogens (tertiary/aromatic N) is 1. The van der Waals surface area contributed by atoms with Crippen LogP contribution in [0.25, 0.3) is 0 Å². The molecule has 1 fully saturated rings. The molecule has 0 aromatic heterocycles. The number of thioether (sulfide) groups is 1. The van der Waals surface area contributed by atoms with E-state index in [0.717, 1.165) is 13.1 Å². The van der Waals surface area contributed by atoms with Gasteiger partial charge in [-0.2, -0.15) is 0 Å². The van der Waals surface area contributed by atoms with Gasteiger partial charge in [-0.1, -0.05) is 18.6 Å². The Morgan fingerprint density at radius 3 is 2.48 bits per heavy atom. The van der Waals surface area contributed by atoms with Crippen LogP contribution in [0, 0.1) is 0 Å². The fraction of sp³-hybridized carbons (Fsp3) is 0.588. The maximum absolute atomic E-state index is 11.9. The first-order valence-electron chi connectivity index (χ1n) is 7.78. The molecule has 0 amide bonds. The number of esters is 1. The van der Waals surface area contributed by atoms with Crippen molar-refractivity contribution in [3.63, 3.8) is 0 Å². The smallest absolute Gasteiger partial charge is 0.307 e. The highest BCUT2D eigenvalue weighted by Gasteiger charge is 2.25. The quantitative estimate of drug-likeness (QED) is 0.589. The molecule has 116 valence electrons.